The van der Waals surface area contributed by atoms with Gasteiger partial charge in [-0.05, 0) is 31.5 Å². The van der Waals surface area contributed by atoms with E-state index in [0.717, 1.165) is 31.1 Å². The summed E-state index contributed by atoms with van der Waals surface area (Å²) < 4.78 is 6.19. The SMILES string of the molecule is CCNC1c2ccccc2Oc2cc(N3CCCC3)ccc21. The predicted octanol–water partition coefficient (Wildman–Crippen LogP) is 4.09. The Morgan fingerprint density at radius 1 is 1.05 bits per heavy atom. The highest BCUT2D eigenvalue weighted by Gasteiger charge is 2.27. The zero-order valence-corrected chi connectivity index (χ0v) is 13.0. The molecule has 2 heterocycles. The third-order valence-electron chi connectivity index (χ3n) is 4.64. The van der Waals surface area contributed by atoms with Crippen LogP contribution < -0.4 is 15.0 Å². The van der Waals surface area contributed by atoms with Gasteiger partial charge in [-0.25, -0.2) is 0 Å². The number of nitrogens with one attached hydrogen (secondary N) is 1. The Morgan fingerprint density at radius 2 is 1.82 bits per heavy atom. The summed E-state index contributed by atoms with van der Waals surface area (Å²) in [5, 5.41) is 3.59. The van der Waals surface area contributed by atoms with Gasteiger partial charge in [-0.2, -0.15) is 0 Å². The van der Waals surface area contributed by atoms with Crippen LogP contribution in [0.5, 0.6) is 11.5 Å². The number of rotatable bonds is 3. The molecule has 0 saturated carbocycles. The van der Waals surface area contributed by atoms with Crippen molar-refractivity contribution in [1.29, 1.82) is 0 Å². The van der Waals surface area contributed by atoms with Crippen LogP contribution in [-0.2, 0) is 0 Å². The number of benzene rings is 2. The fourth-order valence-corrected chi connectivity index (χ4v) is 3.54. The zero-order chi connectivity index (χ0) is 14.9. The average Bonchev–Trinajstić information content (AvgIpc) is 3.09. The molecule has 2 aliphatic rings. The number of hydrogen-bond donors (Lipinski definition) is 1. The van der Waals surface area contributed by atoms with Crippen molar-refractivity contribution in [2.24, 2.45) is 0 Å². The van der Waals surface area contributed by atoms with Gasteiger partial charge in [-0.1, -0.05) is 31.2 Å². The highest BCUT2D eigenvalue weighted by molar-refractivity contribution is 5.60. The van der Waals surface area contributed by atoms with Gasteiger partial charge in [0.2, 0.25) is 0 Å². The molecule has 0 radical (unpaired) electrons. The van der Waals surface area contributed by atoms with Gasteiger partial charge >= 0.3 is 0 Å². The maximum Gasteiger partial charge on any atom is 0.134 e. The first-order valence-electron chi connectivity index (χ1n) is 8.26. The van der Waals surface area contributed by atoms with Gasteiger partial charge < -0.3 is 15.0 Å². The largest absolute Gasteiger partial charge is 0.457 e. The molecule has 2 aromatic carbocycles. The lowest BCUT2D eigenvalue weighted by atomic mass is 9.94. The minimum Gasteiger partial charge on any atom is -0.457 e. The molecule has 0 amide bonds. The Morgan fingerprint density at radius 3 is 2.64 bits per heavy atom. The van der Waals surface area contributed by atoms with Gasteiger partial charge in [0.15, 0.2) is 0 Å². The molecule has 2 aromatic rings. The lowest BCUT2D eigenvalue weighted by Gasteiger charge is -2.30. The van der Waals surface area contributed by atoms with Crippen molar-refractivity contribution in [2.75, 3.05) is 24.5 Å². The predicted molar refractivity (Wildman–Crippen MR) is 89.9 cm³/mol. The van der Waals surface area contributed by atoms with Gasteiger partial charge in [0, 0.05) is 36.0 Å². The molecule has 1 fully saturated rings. The number of para-hydroxylation sites is 1. The van der Waals surface area contributed by atoms with Crippen LogP contribution >= 0.6 is 0 Å². The first-order valence-corrected chi connectivity index (χ1v) is 8.26. The van der Waals surface area contributed by atoms with Gasteiger partial charge in [0.25, 0.3) is 0 Å². The third kappa shape index (κ3) is 2.26. The molecule has 0 bridgehead atoms. The van der Waals surface area contributed by atoms with Gasteiger partial charge in [0.05, 0.1) is 6.04 Å². The molecule has 114 valence electrons. The van der Waals surface area contributed by atoms with Crippen LogP contribution in [-0.4, -0.2) is 19.6 Å². The van der Waals surface area contributed by atoms with E-state index in [1.54, 1.807) is 0 Å². The summed E-state index contributed by atoms with van der Waals surface area (Å²) >= 11 is 0. The second-order valence-electron chi connectivity index (χ2n) is 6.05. The molecule has 1 N–H and O–H groups in total. The Balaban J connectivity index is 1.75. The van der Waals surface area contributed by atoms with Crippen molar-refractivity contribution in [3.63, 3.8) is 0 Å². The van der Waals surface area contributed by atoms with Crippen molar-refractivity contribution in [3.05, 3.63) is 53.6 Å². The molecular formula is C19H22N2O. The minimum absolute atomic E-state index is 0.220. The Labute approximate surface area is 131 Å². The van der Waals surface area contributed by atoms with E-state index >= 15 is 0 Å². The smallest absolute Gasteiger partial charge is 0.134 e. The Bertz CT molecular complexity index is 677. The Hall–Kier alpha value is -2.00. The van der Waals surface area contributed by atoms with E-state index in [-0.39, 0.29) is 6.04 Å². The van der Waals surface area contributed by atoms with Crippen molar-refractivity contribution in [3.8, 4) is 11.5 Å². The van der Waals surface area contributed by atoms with Crippen LogP contribution in [0.1, 0.15) is 36.9 Å². The molecule has 1 atom stereocenters. The van der Waals surface area contributed by atoms with Crippen LogP contribution in [0, 0.1) is 0 Å². The van der Waals surface area contributed by atoms with Gasteiger partial charge in [-0.3, -0.25) is 0 Å². The van der Waals surface area contributed by atoms with E-state index < -0.39 is 0 Å². The third-order valence-corrected chi connectivity index (χ3v) is 4.64. The summed E-state index contributed by atoms with van der Waals surface area (Å²) in [6.07, 6.45) is 2.58. The fourth-order valence-electron chi connectivity index (χ4n) is 3.54. The topological polar surface area (TPSA) is 24.5 Å². The van der Waals surface area contributed by atoms with Gasteiger partial charge in [0.1, 0.15) is 11.5 Å². The van der Waals surface area contributed by atoms with Crippen molar-refractivity contribution in [1.82, 2.24) is 5.32 Å². The van der Waals surface area contributed by atoms with Crippen molar-refractivity contribution < 1.29 is 4.74 Å². The fraction of sp³-hybridized carbons (Fsp3) is 0.368. The van der Waals surface area contributed by atoms with Crippen LogP contribution in [0.25, 0.3) is 0 Å². The summed E-state index contributed by atoms with van der Waals surface area (Å²) in [5.74, 6) is 1.97. The second kappa shape index (κ2) is 5.65. The summed E-state index contributed by atoms with van der Waals surface area (Å²) in [4.78, 5) is 2.45. The monoisotopic (exact) mass is 294 g/mol. The molecule has 22 heavy (non-hydrogen) atoms. The van der Waals surface area contributed by atoms with Crippen molar-refractivity contribution in [2.45, 2.75) is 25.8 Å². The summed E-state index contributed by atoms with van der Waals surface area (Å²) in [6.45, 7) is 5.40. The first kappa shape index (κ1) is 13.6. The molecule has 4 rings (SSSR count). The van der Waals surface area contributed by atoms with Gasteiger partial charge in [-0.15, -0.1) is 0 Å². The second-order valence-corrected chi connectivity index (χ2v) is 6.05. The molecule has 2 aliphatic heterocycles. The highest BCUT2D eigenvalue weighted by Crippen LogP contribution is 2.44. The summed E-state index contributed by atoms with van der Waals surface area (Å²) in [5.41, 5.74) is 3.75. The molecule has 0 aromatic heterocycles. The van der Waals surface area contributed by atoms with Crippen molar-refractivity contribution >= 4 is 5.69 Å². The Kier molecular flexibility index (Phi) is 3.51. The van der Waals surface area contributed by atoms with Crippen LogP contribution in [0.3, 0.4) is 0 Å². The summed E-state index contributed by atoms with van der Waals surface area (Å²) in [7, 11) is 0. The number of hydrogen-bond acceptors (Lipinski definition) is 3. The number of nitrogens with zero attached hydrogens (tertiary/aromatic N) is 1. The van der Waals surface area contributed by atoms with E-state index in [1.807, 2.05) is 6.07 Å². The zero-order valence-electron chi connectivity index (χ0n) is 13.0. The van der Waals surface area contributed by atoms with E-state index in [1.165, 1.54) is 29.7 Å². The standard InChI is InChI=1S/C19H22N2O/c1-2-20-19-15-7-3-4-8-17(15)22-18-13-14(9-10-16(18)19)21-11-5-6-12-21/h3-4,7-10,13,19-20H,2,5-6,11-12H2,1H3. The minimum atomic E-state index is 0.220. The highest BCUT2D eigenvalue weighted by atomic mass is 16.5. The molecule has 0 spiro atoms. The maximum absolute atomic E-state index is 6.19. The molecule has 3 nitrogen and oxygen atoms in total. The molecular weight excluding hydrogens is 272 g/mol. The summed E-state index contributed by atoms with van der Waals surface area (Å²) in [6, 6.07) is 15.2. The molecule has 3 heteroatoms. The van der Waals surface area contributed by atoms with Crippen LogP contribution in [0.15, 0.2) is 42.5 Å². The average molecular weight is 294 g/mol. The lowest BCUT2D eigenvalue weighted by molar-refractivity contribution is 0.431. The molecule has 1 saturated heterocycles. The van der Waals surface area contributed by atoms with Crippen LogP contribution in [0.4, 0.5) is 5.69 Å². The molecule has 0 aliphatic carbocycles. The quantitative estimate of drug-likeness (QED) is 0.922. The first-order chi connectivity index (χ1) is 10.9. The van der Waals surface area contributed by atoms with E-state index in [9.17, 15) is 0 Å². The maximum atomic E-state index is 6.19. The normalized spacial score (nSPS) is 19.5. The lowest BCUT2D eigenvalue weighted by Crippen LogP contribution is -2.25. The number of fused-ring (bicyclic) bond motifs is 2. The number of ether oxygens (including phenoxy) is 1. The number of anilines is 1. The van der Waals surface area contributed by atoms with E-state index in [0.29, 0.717) is 0 Å². The van der Waals surface area contributed by atoms with E-state index in [4.69, 9.17) is 4.74 Å². The van der Waals surface area contributed by atoms with Crippen LogP contribution in [0.2, 0.25) is 0 Å². The molecule has 1 unspecified atom stereocenters. The van der Waals surface area contributed by atoms with E-state index in [2.05, 4.69) is 53.5 Å².